The van der Waals surface area contributed by atoms with Gasteiger partial charge in [-0.2, -0.15) is 0 Å². The molecule has 0 spiro atoms. The monoisotopic (exact) mass is 1560 g/mol. The molecule has 107 heavy (non-hydrogen) atoms. The molecule has 0 heterocycles. The summed E-state index contributed by atoms with van der Waals surface area (Å²) in [5, 5.41) is 10.7. The molecule has 0 aromatic rings. The molecule has 0 saturated heterocycles. The Bertz CT molecular complexity index is 2050. The third-order valence-corrected chi connectivity index (χ3v) is 23.0. The summed E-state index contributed by atoms with van der Waals surface area (Å²) in [4.78, 5) is 73.3. The number of rotatable bonds is 87. The van der Waals surface area contributed by atoms with Gasteiger partial charge in [-0.15, -0.1) is 0 Å². The second-order valence-corrected chi connectivity index (χ2v) is 35.3. The molecule has 17 nitrogen and oxygen atoms in total. The van der Waals surface area contributed by atoms with Crippen molar-refractivity contribution in [2.24, 2.45) is 11.8 Å². The Labute approximate surface area is 658 Å². The number of hydrogen-bond acceptors (Lipinski definition) is 15. The van der Waals surface area contributed by atoms with E-state index in [1.165, 1.54) is 289 Å². The average molecular weight is 1560 g/mol. The van der Waals surface area contributed by atoms with Gasteiger partial charge in [0.05, 0.1) is 26.4 Å². The lowest BCUT2D eigenvalue weighted by molar-refractivity contribution is -0.161. The first-order chi connectivity index (χ1) is 51.9. The summed E-state index contributed by atoms with van der Waals surface area (Å²) >= 11 is 0. The summed E-state index contributed by atoms with van der Waals surface area (Å²) in [7, 11) is -9.93. The molecule has 0 aliphatic rings. The molecule has 0 radical (unpaired) electrons. The highest BCUT2D eigenvalue weighted by molar-refractivity contribution is 7.47. The van der Waals surface area contributed by atoms with Gasteiger partial charge in [0.15, 0.2) is 12.2 Å². The molecule has 0 bridgehead atoms. The topological polar surface area (TPSA) is 237 Å². The minimum atomic E-state index is -4.97. The molecule has 6 atom stereocenters. The van der Waals surface area contributed by atoms with Crippen molar-refractivity contribution in [2.45, 2.75) is 490 Å². The van der Waals surface area contributed by atoms with Gasteiger partial charge < -0.3 is 33.8 Å². The summed E-state index contributed by atoms with van der Waals surface area (Å²) in [5.74, 6) is -0.441. The van der Waals surface area contributed by atoms with Crippen LogP contribution < -0.4 is 0 Å². The van der Waals surface area contributed by atoms with E-state index in [4.69, 9.17) is 37.0 Å². The third kappa shape index (κ3) is 80.5. The Morgan fingerprint density at radius 1 is 0.271 bits per heavy atom. The predicted octanol–water partition coefficient (Wildman–Crippen LogP) is 27.0. The number of aliphatic hydroxyl groups is 1. The molecule has 19 heteroatoms. The summed E-state index contributed by atoms with van der Waals surface area (Å²) in [5.41, 5.74) is 0. The normalized spacial score (nSPS) is 14.0. The van der Waals surface area contributed by atoms with Crippen LogP contribution in [-0.4, -0.2) is 96.7 Å². The van der Waals surface area contributed by atoms with Crippen molar-refractivity contribution in [3.8, 4) is 0 Å². The fourth-order valence-corrected chi connectivity index (χ4v) is 15.3. The SMILES string of the molecule is CCCCCCCCCCCCCCCCCCCCC(=O)OC[C@H](COP(=O)(O)OC[C@@H](O)COP(=O)(O)OC[C@@H](COC(=O)CCCCCCCCCCCCC)OC(=O)CCCCCCCCCCCCCCCC(C)C)OC(=O)CCCCCCCCCCCCCCCCCCCCC(C)CC. The maximum atomic E-state index is 13.2. The molecule has 3 N–H and O–H groups in total. The van der Waals surface area contributed by atoms with Crippen LogP contribution in [0.3, 0.4) is 0 Å². The van der Waals surface area contributed by atoms with Crippen molar-refractivity contribution in [3.05, 3.63) is 0 Å². The number of carbonyl (C=O) groups is 4. The van der Waals surface area contributed by atoms with Gasteiger partial charge in [0.1, 0.15) is 19.3 Å². The van der Waals surface area contributed by atoms with E-state index < -0.39 is 97.5 Å². The fourth-order valence-electron chi connectivity index (χ4n) is 13.7. The highest BCUT2D eigenvalue weighted by Gasteiger charge is 2.31. The Morgan fingerprint density at radius 3 is 0.710 bits per heavy atom. The Kier molecular flexibility index (Phi) is 77.9. The van der Waals surface area contributed by atoms with Gasteiger partial charge in [0.2, 0.25) is 0 Å². The number of esters is 4. The lowest BCUT2D eigenvalue weighted by Crippen LogP contribution is -2.30. The van der Waals surface area contributed by atoms with Crippen LogP contribution in [0.4, 0.5) is 0 Å². The number of hydrogen-bond donors (Lipinski definition) is 3. The number of unbranched alkanes of at least 4 members (excludes halogenated alkanes) is 56. The van der Waals surface area contributed by atoms with Gasteiger partial charge >= 0.3 is 39.5 Å². The van der Waals surface area contributed by atoms with Gasteiger partial charge in [-0.25, -0.2) is 9.13 Å². The van der Waals surface area contributed by atoms with Crippen LogP contribution in [0.1, 0.15) is 472 Å². The highest BCUT2D eigenvalue weighted by atomic mass is 31.2. The van der Waals surface area contributed by atoms with E-state index in [0.29, 0.717) is 25.7 Å². The molecule has 3 unspecified atom stereocenters. The molecule has 0 aliphatic heterocycles. The summed E-state index contributed by atoms with van der Waals surface area (Å²) in [6, 6.07) is 0. The first-order valence-corrected chi connectivity index (χ1v) is 48.5. The van der Waals surface area contributed by atoms with E-state index in [9.17, 15) is 43.2 Å². The van der Waals surface area contributed by atoms with Crippen LogP contribution in [0.25, 0.3) is 0 Å². The van der Waals surface area contributed by atoms with Crippen molar-refractivity contribution in [1.82, 2.24) is 0 Å². The molecule has 0 amide bonds. The third-order valence-electron chi connectivity index (χ3n) is 21.1. The van der Waals surface area contributed by atoms with Gasteiger partial charge in [-0.3, -0.25) is 37.3 Å². The minimum Gasteiger partial charge on any atom is -0.462 e. The largest absolute Gasteiger partial charge is 0.472 e. The second-order valence-electron chi connectivity index (χ2n) is 32.4. The highest BCUT2D eigenvalue weighted by Crippen LogP contribution is 2.45. The van der Waals surface area contributed by atoms with Crippen LogP contribution >= 0.6 is 15.6 Å². The Morgan fingerprint density at radius 2 is 0.477 bits per heavy atom. The number of carbonyl (C=O) groups excluding carboxylic acids is 4. The smallest absolute Gasteiger partial charge is 0.462 e. The fraction of sp³-hybridized carbons (Fsp3) is 0.955. The maximum Gasteiger partial charge on any atom is 0.472 e. The molecular formula is C88H172O17P2. The molecule has 0 rings (SSSR count). The van der Waals surface area contributed by atoms with Crippen molar-refractivity contribution in [1.29, 1.82) is 0 Å². The van der Waals surface area contributed by atoms with Crippen LogP contribution in [0.2, 0.25) is 0 Å². The van der Waals surface area contributed by atoms with Crippen LogP contribution in [-0.2, 0) is 65.4 Å². The summed E-state index contributed by atoms with van der Waals surface area (Å²) in [6.45, 7) is 9.77. The van der Waals surface area contributed by atoms with E-state index in [1.54, 1.807) is 0 Å². The van der Waals surface area contributed by atoms with E-state index in [1.807, 2.05) is 0 Å². The molecule has 0 aromatic carbocycles. The standard InChI is InChI=1S/C88H172O17P2/c1-7-10-12-14-16-18-20-21-22-23-27-30-35-41-47-53-59-65-71-86(91)99-77-84(105-87(92)72-66-60-54-48-42-36-31-28-25-24-26-29-34-40-45-51-57-63-69-81(6)9-3)79-103-107(96,97)101-75-82(89)74-100-106(94,95)102-78-83(76-98-85(90)70-64-58-52-46-38-19-17-15-13-11-8-2)104-88(93)73-67-61-55-49-43-37-32-33-39-44-50-56-62-68-80(4)5/h80-84,89H,7-79H2,1-6H3,(H,94,95)(H,96,97)/t81?,82-,83+,84+/m0/s1. The zero-order valence-electron chi connectivity index (χ0n) is 70.5. The molecule has 636 valence electrons. The summed E-state index contributed by atoms with van der Waals surface area (Å²) in [6.07, 6.45) is 72.1. The molecule has 0 fully saturated rings. The number of ether oxygens (including phenoxy) is 4. The average Bonchev–Trinajstić information content (AvgIpc) is 0.899. The van der Waals surface area contributed by atoms with Crippen molar-refractivity contribution >= 4 is 39.5 Å². The van der Waals surface area contributed by atoms with Crippen molar-refractivity contribution in [2.75, 3.05) is 39.6 Å². The molecular weight excluding hydrogens is 1390 g/mol. The first kappa shape index (κ1) is 105. The Balaban J connectivity index is 5.23. The minimum absolute atomic E-state index is 0.108. The van der Waals surface area contributed by atoms with Crippen molar-refractivity contribution in [3.63, 3.8) is 0 Å². The molecule has 0 saturated carbocycles. The van der Waals surface area contributed by atoms with Gasteiger partial charge in [0.25, 0.3) is 0 Å². The lowest BCUT2D eigenvalue weighted by Gasteiger charge is -2.21. The maximum absolute atomic E-state index is 13.2. The van der Waals surface area contributed by atoms with E-state index in [0.717, 1.165) is 102 Å². The number of phosphoric ester groups is 2. The second kappa shape index (κ2) is 79.3. The van der Waals surface area contributed by atoms with E-state index in [2.05, 4.69) is 41.5 Å². The van der Waals surface area contributed by atoms with Gasteiger partial charge in [-0.1, -0.05) is 420 Å². The predicted molar refractivity (Wildman–Crippen MR) is 442 cm³/mol. The first-order valence-electron chi connectivity index (χ1n) is 45.5. The van der Waals surface area contributed by atoms with Crippen LogP contribution in [0.15, 0.2) is 0 Å². The molecule has 0 aliphatic carbocycles. The van der Waals surface area contributed by atoms with Crippen LogP contribution in [0.5, 0.6) is 0 Å². The lowest BCUT2D eigenvalue weighted by atomic mass is 9.99. The Hall–Kier alpha value is -1.94. The molecule has 0 aromatic heterocycles. The summed E-state index contributed by atoms with van der Waals surface area (Å²) < 4.78 is 69.0. The van der Waals surface area contributed by atoms with Gasteiger partial charge in [-0.05, 0) is 37.5 Å². The van der Waals surface area contributed by atoms with Crippen molar-refractivity contribution < 1.29 is 80.2 Å². The number of aliphatic hydroxyl groups excluding tert-OH is 1. The van der Waals surface area contributed by atoms with E-state index in [-0.39, 0.29) is 25.7 Å². The van der Waals surface area contributed by atoms with Crippen LogP contribution in [0, 0.1) is 11.8 Å². The number of phosphoric acid groups is 2. The quantitative estimate of drug-likeness (QED) is 0.0222. The van der Waals surface area contributed by atoms with E-state index >= 15 is 0 Å². The van der Waals surface area contributed by atoms with Gasteiger partial charge in [0, 0.05) is 25.7 Å². The zero-order chi connectivity index (χ0) is 78.5. The zero-order valence-corrected chi connectivity index (χ0v) is 72.2.